The minimum Gasteiger partial charge on any atom is -0.480 e. The van der Waals surface area contributed by atoms with Gasteiger partial charge in [-0.15, -0.1) is 12.6 Å². The second-order valence-electron chi connectivity index (χ2n) is 9.32. The van der Waals surface area contributed by atoms with Crippen LogP contribution in [-0.4, -0.2) is 35.1 Å². The van der Waals surface area contributed by atoms with Gasteiger partial charge in [0.05, 0.1) is 11.6 Å². The van der Waals surface area contributed by atoms with Gasteiger partial charge in [-0.1, -0.05) is 37.5 Å². The highest BCUT2D eigenvalue weighted by Gasteiger charge is 2.42. The van der Waals surface area contributed by atoms with Gasteiger partial charge in [-0.3, -0.25) is 4.79 Å². The van der Waals surface area contributed by atoms with E-state index in [2.05, 4.69) is 36.5 Å². The molecule has 2 aliphatic heterocycles. The van der Waals surface area contributed by atoms with E-state index >= 15 is 0 Å². The van der Waals surface area contributed by atoms with Crippen LogP contribution < -0.4 is 5.32 Å². The van der Waals surface area contributed by atoms with E-state index in [4.69, 9.17) is 12.6 Å². The zero-order chi connectivity index (χ0) is 22.0. The minimum absolute atomic E-state index is 0.000959. The first-order valence-electron chi connectivity index (χ1n) is 11.7. The lowest BCUT2D eigenvalue weighted by Crippen LogP contribution is -2.38. The van der Waals surface area contributed by atoms with Crippen LogP contribution in [0.1, 0.15) is 69.0 Å². The highest BCUT2D eigenvalue weighted by molar-refractivity contribution is 7.80. The number of thiol groups is 1. The lowest BCUT2D eigenvalue weighted by molar-refractivity contribution is -0.138. The Morgan fingerprint density at radius 1 is 1.26 bits per heavy atom. The third-order valence-corrected chi connectivity index (χ3v) is 8.02. The predicted octanol–water partition coefficient (Wildman–Crippen LogP) is 4.71. The summed E-state index contributed by atoms with van der Waals surface area (Å²) in [7, 11) is 0. The van der Waals surface area contributed by atoms with Crippen LogP contribution >= 0.6 is 12.6 Å². The lowest BCUT2D eigenvalue weighted by atomic mass is 9.83. The van der Waals surface area contributed by atoms with E-state index in [0.29, 0.717) is 12.0 Å². The van der Waals surface area contributed by atoms with Gasteiger partial charge < -0.3 is 15.3 Å². The molecule has 0 radical (unpaired) electrons. The van der Waals surface area contributed by atoms with Crippen molar-refractivity contribution < 1.29 is 9.90 Å². The molecule has 1 saturated carbocycles. The number of carboxylic acids is 1. The van der Waals surface area contributed by atoms with Crippen molar-refractivity contribution in [2.45, 2.75) is 75.3 Å². The number of benzene rings is 1. The predicted molar refractivity (Wildman–Crippen MR) is 124 cm³/mol. The number of hydrogen-bond acceptors (Lipinski definition) is 5. The quantitative estimate of drug-likeness (QED) is 0.560. The number of aliphatic carboxylic acids is 1. The summed E-state index contributed by atoms with van der Waals surface area (Å²) in [5, 5.41) is 23.3. The Morgan fingerprint density at radius 2 is 2.03 bits per heavy atom. The molecule has 3 aliphatic rings. The molecule has 31 heavy (non-hydrogen) atoms. The molecule has 1 saturated heterocycles. The zero-order valence-electron chi connectivity index (χ0n) is 18.3. The van der Waals surface area contributed by atoms with Crippen molar-refractivity contribution in [3.8, 4) is 6.07 Å². The molecule has 4 rings (SSSR count). The molecule has 1 aliphatic carbocycles. The third-order valence-electron chi connectivity index (χ3n) is 7.47. The van der Waals surface area contributed by atoms with Gasteiger partial charge in [-0.25, -0.2) is 0 Å². The molecule has 2 heterocycles. The molecular formula is C25H33N3O2S. The van der Waals surface area contributed by atoms with Gasteiger partial charge in [0.2, 0.25) is 0 Å². The van der Waals surface area contributed by atoms with Gasteiger partial charge in [-0.2, -0.15) is 5.26 Å². The van der Waals surface area contributed by atoms with E-state index in [1.807, 2.05) is 4.90 Å². The number of rotatable bonds is 6. The maximum atomic E-state index is 11.7. The summed E-state index contributed by atoms with van der Waals surface area (Å²) in [5.74, 6) is -0.527. The van der Waals surface area contributed by atoms with Crippen LogP contribution in [0.15, 0.2) is 34.4 Å². The topological polar surface area (TPSA) is 76.4 Å². The fourth-order valence-corrected chi connectivity index (χ4v) is 6.28. The molecule has 0 aromatic heterocycles. The van der Waals surface area contributed by atoms with Crippen LogP contribution in [0.4, 0.5) is 0 Å². The Morgan fingerprint density at radius 3 is 2.68 bits per heavy atom. The number of nitriles is 1. The Bertz CT molecular complexity index is 895. The second kappa shape index (κ2) is 9.67. The molecule has 1 aromatic rings. The SMILES string of the molecule is CC1C(Cc2cccc(C3CCCN3)c2S)C(C#N)=C(C2CCCCC2)N1CC(=O)O. The van der Waals surface area contributed by atoms with Crippen molar-refractivity contribution in [1.29, 1.82) is 5.26 Å². The molecule has 5 nitrogen and oxygen atoms in total. The fourth-order valence-electron chi connectivity index (χ4n) is 5.88. The average molecular weight is 440 g/mol. The van der Waals surface area contributed by atoms with Crippen LogP contribution in [-0.2, 0) is 11.2 Å². The molecule has 0 bridgehead atoms. The Hall–Kier alpha value is -1.97. The van der Waals surface area contributed by atoms with Crippen molar-refractivity contribution in [2.24, 2.45) is 11.8 Å². The van der Waals surface area contributed by atoms with E-state index in [0.717, 1.165) is 66.8 Å². The van der Waals surface area contributed by atoms with Crippen LogP contribution in [0, 0.1) is 23.2 Å². The van der Waals surface area contributed by atoms with Gasteiger partial charge in [0.15, 0.2) is 0 Å². The van der Waals surface area contributed by atoms with Crippen molar-refractivity contribution in [1.82, 2.24) is 10.2 Å². The summed E-state index contributed by atoms with van der Waals surface area (Å²) < 4.78 is 0. The Balaban J connectivity index is 1.67. The smallest absolute Gasteiger partial charge is 0.323 e. The normalized spacial score (nSPS) is 27.0. The molecule has 2 N–H and O–H groups in total. The lowest BCUT2D eigenvalue weighted by Gasteiger charge is -2.33. The number of carboxylic acid groups (broad SMARTS) is 1. The van der Waals surface area contributed by atoms with Gasteiger partial charge in [0.1, 0.15) is 6.54 Å². The number of allylic oxidation sites excluding steroid dienone is 1. The number of nitrogens with one attached hydrogen (secondary N) is 1. The first kappa shape index (κ1) is 22.2. The van der Waals surface area contributed by atoms with Gasteiger partial charge in [-0.05, 0) is 62.6 Å². The summed E-state index contributed by atoms with van der Waals surface area (Å²) in [5.41, 5.74) is 4.20. The maximum Gasteiger partial charge on any atom is 0.323 e. The first-order valence-corrected chi connectivity index (χ1v) is 12.1. The van der Waals surface area contributed by atoms with Crippen LogP contribution in [0.5, 0.6) is 0 Å². The van der Waals surface area contributed by atoms with E-state index < -0.39 is 5.97 Å². The first-order chi connectivity index (χ1) is 15.0. The Kier molecular flexibility index (Phi) is 6.93. The van der Waals surface area contributed by atoms with E-state index in [1.54, 1.807) is 0 Å². The van der Waals surface area contributed by atoms with E-state index in [9.17, 15) is 15.2 Å². The Labute approximate surface area is 190 Å². The van der Waals surface area contributed by atoms with Crippen molar-refractivity contribution in [3.63, 3.8) is 0 Å². The molecule has 0 amide bonds. The monoisotopic (exact) mass is 439 g/mol. The molecule has 3 atom stereocenters. The third kappa shape index (κ3) is 4.49. The van der Waals surface area contributed by atoms with Gasteiger partial charge in [0.25, 0.3) is 0 Å². The molecular weight excluding hydrogens is 406 g/mol. The minimum atomic E-state index is -0.831. The summed E-state index contributed by atoms with van der Waals surface area (Å²) in [6.45, 7) is 3.09. The zero-order valence-corrected chi connectivity index (χ0v) is 19.2. The molecule has 2 fully saturated rings. The molecule has 1 aromatic carbocycles. The highest BCUT2D eigenvalue weighted by atomic mass is 32.1. The van der Waals surface area contributed by atoms with Crippen molar-refractivity contribution in [2.75, 3.05) is 13.1 Å². The molecule has 0 spiro atoms. The standard InChI is InChI=1S/C25H33N3O2S/c1-16-20(13-18-9-5-10-19(25(18)31)22-11-6-12-27-22)21(14-26)24(28(16)15-23(29)30)17-7-3-2-4-8-17/h5,9-10,16-17,20,22,27,31H,2-4,6-8,11-13,15H2,1H3,(H,29,30). The van der Waals surface area contributed by atoms with Crippen molar-refractivity contribution >= 4 is 18.6 Å². The van der Waals surface area contributed by atoms with Gasteiger partial charge >= 0.3 is 5.97 Å². The number of hydrogen-bond donors (Lipinski definition) is 3. The molecule has 166 valence electrons. The number of nitrogens with zero attached hydrogens (tertiary/aromatic N) is 2. The van der Waals surface area contributed by atoms with E-state index in [1.165, 1.54) is 18.4 Å². The summed E-state index contributed by atoms with van der Waals surface area (Å²) in [6.07, 6.45) is 8.67. The molecule has 6 heteroatoms. The van der Waals surface area contributed by atoms with Crippen molar-refractivity contribution in [3.05, 3.63) is 40.6 Å². The van der Waals surface area contributed by atoms with Crippen LogP contribution in [0.3, 0.4) is 0 Å². The largest absolute Gasteiger partial charge is 0.480 e. The average Bonchev–Trinajstić information content (AvgIpc) is 3.38. The fraction of sp³-hybridized carbons (Fsp3) is 0.600. The summed E-state index contributed by atoms with van der Waals surface area (Å²) >= 11 is 4.90. The van der Waals surface area contributed by atoms with Crippen LogP contribution in [0.2, 0.25) is 0 Å². The second-order valence-corrected chi connectivity index (χ2v) is 9.77. The van der Waals surface area contributed by atoms with Gasteiger partial charge in [0, 0.05) is 28.6 Å². The maximum absolute atomic E-state index is 11.7. The summed E-state index contributed by atoms with van der Waals surface area (Å²) in [6, 6.07) is 9.21. The van der Waals surface area contributed by atoms with Crippen LogP contribution in [0.25, 0.3) is 0 Å². The molecule has 3 unspecified atom stereocenters. The summed E-state index contributed by atoms with van der Waals surface area (Å²) in [4.78, 5) is 14.7. The highest BCUT2D eigenvalue weighted by Crippen LogP contribution is 2.44. The number of carbonyl (C=O) groups is 1. The van der Waals surface area contributed by atoms with E-state index in [-0.39, 0.29) is 18.5 Å².